The van der Waals surface area contributed by atoms with E-state index >= 15 is 0 Å². The summed E-state index contributed by atoms with van der Waals surface area (Å²) in [6, 6.07) is 0. The SMILES string of the molecule is CCS(=O)(=O)O.NC(=O)C1=CC2=C(CCCC2)NC1. The number of dihydropyridines is 1. The molecule has 1 heterocycles. The molecule has 0 aromatic heterocycles. The van der Waals surface area contributed by atoms with Crippen LogP contribution in [-0.4, -0.2) is 31.2 Å². The van der Waals surface area contributed by atoms with E-state index in [1.807, 2.05) is 6.08 Å². The highest BCUT2D eigenvalue weighted by Crippen LogP contribution is 2.27. The average Bonchev–Trinajstić information content (AvgIpc) is 2.38. The van der Waals surface area contributed by atoms with Crippen LogP contribution in [0.5, 0.6) is 0 Å². The standard InChI is InChI=1S/C10H14N2O.C2H6O3S/c11-10(13)8-5-7-3-1-2-4-9(7)12-6-8;1-2-6(3,4)5/h5,12H,1-4,6H2,(H2,11,13);2H2,1H3,(H,3,4,5). The molecule has 19 heavy (non-hydrogen) atoms. The summed E-state index contributed by atoms with van der Waals surface area (Å²) >= 11 is 0. The fraction of sp³-hybridized carbons (Fsp3) is 0.583. The predicted molar refractivity (Wildman–Crippen MR) is 72.9 cm³/mol. The molecule has 1 aliphatic carbocycles. The quantitative estimate of drug-likeness (QED) is 0.649. The molecule has 4 N–H and O–H groups in total. The fourth-order valence-corrected chi connectivity index (χ4v) is 1.91. The van der Waals surface area contributed by atoms with Crippen molar-refractivity contribution in [1.29, 1.82) is 0 Å². The Morgan fingerprint density at radius 1 is 1.42 bits per heavy atom. The monoisotopic (exact) mass is 288 g/mol. The number of hydrogen-bond donors (Lipinski definition) is 3. The van der Waals surface area contributed by atoms with Crippen LogP contribution < -0.4 is 11.1 Å². The van der Waals surface area contributed by atoms with Gasteiger partial charge in [0, 0.05) is 17.8 Å². The van der Waals surface area contributed by atoms with Crippen LogP contribution >= 0.6 is 0 Å². The molecule has 2 rings (SSSR count). The van der Waals surface area contributed by atoms with Crippen LogP contribution in [-0.2, 0) is 14.9 Å². The van der Waals surface area contributed by atoms with Gasteiger partial charge in [0.1, 0.15) is 0 Å². The van der Waals surface area contributed by atoms with Crippen LogP contribution in [0, 0.1) is 0 Å². The maximum atomic E-state index is 10.9. The second-order valence-corrected chi connectivity index (χ2v) is 6.21. The zero-order valence-corrected chi connectivity index (χ0v) is 11.8. The van der Waals surface area contributed by atoms with E-state index in [-0.39, 0.29) is 11.7 Å². The van der Waals surface area contributed by atoms with E-state index in [0.29, 0.717) is 12.1 Å². The maximum absolute atomic E-state index is 10.9. The van der Waals surface area contributed by atoms with Crippen molar-refractivity contribution in [2.45, 2.75) is 32.6 Å². The summed E-state index contributed by atoms with van der Waals surface area (Å²) in [5.74, 6) is -0.503. The van der Waals surface area contributed by atoms with Crippen molar-refractivity contribution in [2.75, 3.05) is 12.3 Å². The van der Waals surface area contributed by atoms with Gasteiger partial charge in [-0.25, -0.2) is 0 Å². The number of rotatable bonds is 2. The van der Waals surface area contributed by atoms with Crippen molar-refractivity contribution in [3.8, 4) is 0 Å². The second kappa shape index (κ2) is 6.72. The van der Waals surface area contributed by atoms with Gasteiger partial charge < -0.3 is 11.1 Å². The molecule has 7 heteroatoms. The van der Waals surface area contributed by atoms with Crippen LogP contribution in [0.3, 0.4) is 0 Å². The molecule has 0 atom stereocenters. The lowest BCUT2D eigenvalue weighted by Crippen LogP contribution is -2.29. The highest BCUT2D eigenvalue weighted by Gasteiger charge is 2.17. The number of carbonyl (C=O) groups is 1. The summed E-state index contributed by atoms with van der Waals surface area (Å²) in [6.07, 6.45) is 6.65. The normalized spacial score (nSPS) is 18.5. The minimum atomic E-state index is -3.66. The summed E-state index contributed by atoms with van der Waals surface area (Å²) in [5, 5.41) is 3.26. The minimum Gasteiger partial charge on any atom is -0.384 e. The van der Waals surface area contributed by atoms with Crippen LogP contribution in [0.15, 0.2) is 22.9 Å². The first-order chi connectivity index (χ1) is 8.83. The van der Waals surface area contributed by atoms with Gasteiger partial charge in [0.25, 0.3) is 10.1 Å². The summed E-state index contributed by atoms with van der Waals surface area (Å²) in [6.45, 7) is 1.98. The average molecular weight is 288 g/mol. The number of primary amides is 1. The third-order valence-corrected chi connectivity index (χ3v) is 3.76. The van der Waals surface area contributed by atoms with E-state index in [4.69, 9.17) is 10.3 Å². The number of nitrogens with one attached hydrogen (secondary N) is 1. The molecule has 0 fully saturated rings. The van der Waals surface area contributed by atoms with Crippen molar-refractivity contribution < 1.29 is 17.8 Å². The Balaban J connectivity index is 0.000000258. The van der Waals surface area contributed by atoms with Gasteiger partial charge in [-0.05, 0) is 44.3 Å². The first kappa shape index (κ1) is 15.7. The molecule has 6 nitrogen and oxygen atoms in total. The van der Waals surface area contributed by atoms with Gasteiger partial charge in [0.2, 0.25) is 5.91 Å². The number of carbonyl (C=O) groups excluding carboxylic acids is 1. The molecule has 0 spiro atoms. The van der Waals surface area contributed by atoms with Crippen molar-refractivity contribution >= 4 is 16.0 Å². The Bertz CT molecular complexity index is 506. The first-order valence-electron chi connectivity index (χ1n) is 6.25. The maximum Gasteiger partial charge on any atom is 0.264 e. The van der Waals surface area contributed by atoms with E-state index in [9.17, 15) is 13.2 Å². The molecule has 2 aliphatic rings. The van der Waals surface area contributed by atoms with Gasteiger partial charge in [0.15, 0.2) is 0 Å². The van der Waals surface area contributed by atoms with E-state index in [1.165, 1.54) is 31.0 Å². The molecular formula is C12H20N2O4S. The summed E-state index contributed by atoms with van der Waals surface area (Å²) in [5.41, 5.74) is 8.53. The van der Waals surface area contributed by atoms with Gasteiger partial charge in [-0.2, -0.15) is 8.42 Å². The molecule has 0 aromatic carbocycles. The molecular weight excluding hydrogens is 268 g/mol. The molecule has 0 saturated carbocycles. The Kier molecular flexibility index (Phi) is 5.56. The molecule has 1 aliphatic heterocycles. The van der Waals surface area contributed by atoms with Gasteiger partial charge in [-0.1, -0.05) is 0 Å². The minimum absolute atomic E-state index is 0.201. The molecule has 0 radical (unpaired) electrons. The molecule has 0 saturated heterocycles. The van der Waals surface area contributed by atoms with Crippen LogP contribution in [0.1, 0.15) is 32.6 Å². The molecule has 0 aromatic rings. The lowest BCUT2D eigenvalue weighted by molar-refractivity contribution is -0.114. The third-order valence-electron chi connectivity index (χ3n) is 3.03. The summed E-state index contributed by atoms with van der Waals surface area (Å²) in [4.78, 5) is 10.9. The highest BCUT2D eigenvalue weighted by atomic mass is 32.2. The largest absolute Gasteiger partial charge is 0.384 e. The summed E-state index contributed by atoms with van der Waals surface area (Å²) in [7, 11) is -3.66. The molecule has 0 unspecified atom stereocenters. The summed E-state index contributed by atoms with van der Waals surface area (Å²) < 4.78 is 26.9. The fourth-order valence-electron chi connectivity index (χ4n) is 1.91. The van der Waals surface area contributed by atoms with Crippen molar-refractivity contribution in [1.82, 2.24) is 5.32 Å². The van der Waals surface area contributed by atoms with E-state index in [2.05, 4.69) is 5.32 Å². The van der Waals surface area contributed by atoms with E-state index in [0.717, 1.165) is 12.8 Å². The number of nitrogens with two attached hydrogens (primary N) is 1. The van der Waals surface area contributed by atoms with Crippen molar-refractivity contribution in [3.05, 3.63) is 22.9 Å². The van der Waals surface area contributed by atoms with Crippen molar-refractivity contribution in [3.63, 3.8) is 0 Å². The van der Waals surface area contributed by atoms with Crippen LogP contribution in [0.25, 0.3) is 0 Å². The lowest BCUT2D eigenvalue weighted by atomic mass is 9.92. The van der Waals surface area contributed by atoms with Gasteiger partial charge in [-0.15, -0.1) is 0 Å². The Morgan fingerprint density at radius 2 is 2.00 bits per heavy atom. The van der Waals surface area contributed by atoms with Crippen molar-refractivity contribution in [2.24, 2.45) is 5.73 Å². The molecule has 1 amide bonds. The van der Waals surface area contributed by atoms with Gasteiger partial charge in [-0.3, -0.25) is 9.35 Å². The second-order valence-electron chi connectivity index (χ2n) is 4.47. The Labute approximate surface area is 113 Å². The van der Waals surface area contributed by atoms with Crippen LogP contribution in [0.2, 0.25) is 0 Å². The first-order valence-corrected chi connectivity index (χ1v) is 7.86. The number of allylic oxidation sites excluding steroid dienone is 3. The zero-order valence-electron chi connectivity index (χ0n) is 11.0. The van der Waals surface area contributed by atoms with Gasteiger partial charge in [0.05, 0.1) is 5.75 Å². The van der Waals surface area contributed by atoms with Gasteiger partial charge >= 0.3 is 0 Å². The predicted octanol–water partition coefficient (Wildman–Crippen LogP) is 0.723. The van der Waals surface area contributed by atoms with E-state index < -0.39 is 10.1 Å². The molecule has 108 valence electrons. The Morgan fingerprint density at radius 3 is 2.53 bits per heavy atom. The third kappa shape index (κ3) is 5.44. The van der Waals surface area contributed by atoms with E-state index in [1.54, 1.807) is 0 Å². The molecule has 0 bridgehead atoms. The lowest BCUT2D eigenvalue weighted by Gasteiger charge is -2.24. The topological polar surface area (TPSA) is 109 Å². The number of hydrogen-bond acceptors (Lipinski definition) is 4. The Hall–Kier alpha value is -1.34. The number of amides is 1. The van der Waals surface area contributed by atoms with Crippen LogP contribution in [0.4, 0.5) is 0 Å². The smallest absolute Gasteiger partial charge is 0.264 e. The zero-order chi connectivity index (χ0) is 14.5. The highest BCUT2D eigenvalue weighted by molar-refractivity contribution is 7.85.